The molecule has 0 heterocycles. The van der Waals surface area contributed by atoms with Crippen LogP contribution in [0.25, 0.3) is 0 Å². The summed E-state index contributed by atoms with van der Waals surface area (Å²) < 4.78 is 0.900. The zero-order valence-corrected chi connectivity index (χ0v) is 17.9. The summed E-state index contributed by atoms with van der Waals surface area (Å²) in [7, 11) is 0. The third-order valence-electron chi connectivity index (χ3n) is 4.50. The van der Waals surface area contributed by atoms with Crippen LogP contribution >= 0.6 is 22.6 Å². The summed E-state index contributed by atoms with van der Waals surface area (Å²) in [6, 6.07) is 22.3. The van der Waals surface area contributed by atoms with Gasteiger partial charge in [-0.2, -0.15) is 0 Å². The Morgan fingerprint density at radius 2 is 1.46 bits per heavy atom. The van der Waals surface area contributed by atoms with Crippen molar-refractivity contribution in [2.45, 2.75) is 19.9 Å². The summed E-state index contributed by atoms with van der Waals surface area (Å²) in [6.07, 6.45) is 0. The molecule has 3 rings (SSSR count). The zero-order valence-electron chi connectivity index (χ0n) is 15.7. The highest BCUT2D eigenvalue weighted by atomic mass is 127. The number of nitrogens with one attached hydrogen (secondary N) is 2. The lowest BCUT2D eigenvalue weighted by Gasteiger charge is -2.16. The standard InChI is InChI=1S/C23H21IN2O2/c1-15-9-8-13-19(21(15)24)23(28)26-20-14-7-6-12-18(20)22(27)25-16(2)17-10-4-3-5-11-17/h3-14,16H,1-2H3,(H,25,27)(H,26,28). The molecule has 0 spiro atoms. The number of anilines is 1. The molecule has 142 valence electrons. The van der Waals surface area contributed by atoms with Crippen LogP contribution in [0.5, 0.6) is 0 Å². The van der Waals surface area contributed by atoms with Crippen LogP contribution in [0.3, 0.4) is 0 Å². The number of hydrogen-bond donors (Lipinski definition) is 2. The van der Waals surface area contributed by atoms with Crippen molar-refractivity contribution < 1.29 is 9.59 Å². The summed E-state index contributed by atoms with van der Waals surface area (Å²) in [4.78, 5) is 25.6. The second-order valence-corrected chi connectivity index (χ2v) is 7.62. The lowest BCUT2D eigenvalue weighted by Crippen LogP contribution is -2.28. The van der Waals surface area contributed by atoms with E-state index in [4.69, 9.17) is 0 Å². The Morgan fingerprint density at radius 1 is 0.821 bits per heavy atom. The molecule has 2 amide bonds. The molecule has 0 aliphatic heterocycles. The molecular weight excluding hydrogens is 463 g/mol. The van der Waals surface area contributed by atoms with Crippen LogP contribution in [0.1, 0.15) is 44.8 Å². The SMILES string of the molecule is Cc1cccc(C(=O)Nc2ccccc2C(=O)NC(C)c2ccccc2)c1I. The van der Waals surface area contributed by atoms with Gasteiger partial charge in [0.15, 0.2) is 0 Å². The van der Waals surface area contributed by atoms with Crippen molar-refractivity contribution in [3.63, 3.8) is 0 Å². The third-order valence-corrected chi connectivity index (χ3v) is 5.94. The Balaban J connectivity index is 1.80. The van der Waals surface area contributed by atoms with Crippen LogP contribution in [0.4, 0.5) is 5.69 Å². The first-order valence-electron chi connectivity index (χ1n) is 8.98. The van der Waals surface area contributed by atoms with Crippen molar-refractivity contribution in [2.24, 2.45) is 0 Å². The van der Waals surface area contributed by atoms with Crippen molar-refractivity contribution in [2.75, 3.05) is 5.32 Å². The van der Waals surface area contributed by atoms with E-state index in [0.717, 1.165) is 14.7 Å². The number of carbonyl (C=O) groups is 2. The van der Waals surface area contributed by atoms with Gasteiger partial charge in [-0.05, 0) is 65.8 Å². The van der Waals surface area contributed by atoms with E-state index in [2.05, 4.69) is 33.2 Å². The third kappa shape index (κ3) is 4.59. The highest BCUT2D eigenvalue weighted by molar-refractivity contribution is 14.1. The summed E-state index contributed by atoms with van der Waals surface area (Å²) >= 11 is 2.17. The minimum Gasteiger partial charge on any atom is -0.345 e. The Kier molecular flexibility index (Phi) is 6.46. The molecule has 5 heteroatoms. The fourth-order valence-electron chi connectivity index (χ4n) is 2.90. The average Bonchev–Trinajstić information content (AvgIpc) is 2.71. The van der Waals surface area contributed by atoms with Gasteiger partial charge in [-0.1, -0.05) is 54.6 Å². The maximum absolute atomic E-state index is 12.8. The summed E-state index contributed by atoms with van der Waals surface area (Å²) in [5, 5.41) is 5.88. The van der Waals surface area contributed by atoms with Crippen LogP contribution in [0.2, 0.25) is 0 Å². The molecule has 0 aliphatic carbocycles. The van der Waals surface area contributed by atoms with Crippen molar-refractivity contribution >= 4 is 40.1 Å². The van der Waals surface area contributed by atoms with Gasteiger partial charge < -0.3 is 10.6 Å². The molecule has 3 aromatic carbocycles. The molecule has 0 aromatic heterocycles. The van der Waals surface area contributed by atoms with Gasteiger partial charge in [0.2, 0.25) is 0 Å². The number of carbonyl (C=O) groups excluding carboxylic acids is 2. The first kappa shape index (κ1) is 20.1. The summed E-state index contributed by atoms with van der Waals surface area (Å²) in [5.74, 6) is -0.462. The second-order valence-electron chi connectivity index (χ2n) is 6.54. The number of hydrogen-bond acceptors (Lipinski definition) is 2. The van der Waals surface area contributed by atoms with Gasteiger partial charge in [-0.25, -0.2) is 0 Å². The van der Waals surface area contributed by atoms with E-state index >= 15 is 0 Å². The van der Waals surface area contributed by atoms with Crippen LogP contribution in [0, 0.1) is 10.5 Å². The Bertz CT molecular complexity index is 1000. The normalized spacial score (nSPS) is 11.5. The highest BCUT2D eigenvalue weighted by Gasteiger charge is 2.17. The number of amides is 2. The molecule has 1 unspecified atom stereocenters. The van der Waals surface area contributed by atoms with Gasteiger partial charge >= 0.3 is 0 Å². The van der Waals surface area contributed by atoms with Crippen molar-refractivity contribution in [3.05, 3.63) is 98.6 Å². The van der Waals surface area contributed by atoms with Gasteiger partial charge in [0.05, 0.1) is 22.9 Å². The first-order chi connectivity index (χ1) is 13.5. The zero-order chi connectivity index (χ0) is 20.1. The summed E-state index contributed by atoms with van der Waals surface area (Å²) in [5.41, 5.74) is 3.57. The molecule has 0 saturated heterocycles. The fourth-order valence-corrected chi connectivity index (χ4v) is 3.51. The Labute approximate surface area is 178 Å². The van der Waals surface area contributed by atoms with Crippen molar-refractivity contribution in [1.29, 1.82) is 0 Å². The predicted molar refractivity (Wildman–Crippen MR) is 121 cm³/mol. The monoisotopic (exact) mass is 484 g/mol. The van der Waals surface area contributed by atoms with Crippen LogP contribution in [-0.4, -0.2) is 11.8 Å². The van der Waals surface area contributed by atoms with Gasteiger partial charge in [0.25, 0.3) is 11.8 Å². The first-order valence-corrected chi connectivity index (χ1v) is 10.1. The predicted octanol–water partition coefficient (Wildman–Crippen LogP) is 5.34. The van der Waals surface area contributed by atoms with Gasteiger partial charge in [-0.15, -0.1) is 0 Å². The van der Waals surface area contributed by atoms with E-state index in [1.54, 1.807) is 30.3 Å². The quantitative estimate of drug-likeness (QED) is 0.481. The Hall–Kier alpha value is -2.67. The second kappa shape index (κ2) is 9.01. The molecule has 28 heavy (non-hydrogen) atoms. The van der Waals surface area contributed by atoms with Gasteiger partial charge in [0.1, 0.15) is 0 Å². The molecule has 4 nitrogen and oxygen atoms in total. The molecule has 0 saturated carbocycles. The molecule has 0 bridgehead atoms. The molecule has 0 radical (unpaired) electrons. The maximum atomic E-state index is 12.8. The molecule has 0 aliphatic rings. The highest BCUT2D eigenvalue weighted by Crippen LogP contribution is 2.21. The van der Waals surface area contributed by atoms with E-state index in [1.165, 1.54) is 0 Å². The minimum atomic E-state index is -0.232. The largest absolute Gasteiger partial charge is 0.345 e. The lowest BCUT2D eigenvalue weighted by molar-refractivity contribution is 0.0941. The van der Waals surface area contributed by atoms with Crippen molar-refractivity contribution in [3.8, 4) is 0 Å². The van der Waals surface area contributed by atoms with E-state index < -0.39 is 0 Å². The van der Waals surface area contributed by atoms with Crippen molar-refractivity contribution in [1.82, 2.24) is 5.32 Å². The number of aryl methyl sites for hydroxylation is 1. The van der Waals surface area contributed by atoms with Crippen LogP contribution < -0.4 is 10.6 Å². The van der Waals surface area contributed by atoms with E-state index in [1.807, 2.05) is 56.3 Å². The number of benzene rings is 3. The number of rotatable bonds is 5. The molecular formula is C23H21IN2O2. The number of para-hydroxylation sites is 1. The molecule has 2 N–H and O–H groups in total. The lowest BCUT2D eigenvalue weighted by atomic mass is 10.1. The molecule has 3 aromatic rings. The minimum absolute atomic E-state index is 0.143. The average molecular weight is 484 g/mol. The van der Waals surface area contributed by atoms with E-state index in [0.29, 0.717) is 16.8 Å². The van der Waals surface area contributed by atoms with E-state index in [-0.39, 0.29) is 17.9 Å². The molecule has 1 atom stereocenters. The fraction of sp³-hybridized carbons (Fsp3) is 0.130. The Morgan fingerprint density at radius 3 is 2.21 bits per heavy atom. The van der Waals surface area contributed by atoms with Crippen LogP contribution in [-0.2, 0) is 0 Å². The smallest absolute Gasteiger partial charge is 0.256 e. The maximum Gasteiger partial charge on any atom is 0.256 e. The number of halogens is 1. The molecule has 0 fully saturated rings. The van der Waals surface area contributed by atoms with E-state index in [9.17, 15) is 9.59 Å². The van der Waals surface area contributed by atoms with Crippen LogP contribution in [0.15, 0.2) is 72.8 Å². The van der Waals surface area contributed by atoms with Gasteiger partial charge in [-0.3, -0.25) is 9.59 Å². The topological polar surface area (TPSA) is 58.2 Å². The van der Waals surface area contributed by atoms with Gasteiger partial charge in [0, 0.05) is 3.57 Å². The summed E-state index contributed by atoms with van der Waals surface area (Å²) in [6.45, 7) is 3.90.